The predicted molar refractivity (Wildman–Crippen MR) is 107 cm³/mol. The van der Waals surface area contributed by atoms with Crippen LogP contribution in [0.15, 0.2) is 82.7 Å². The fourth-order valence-electron chi connectivity index (χ4n) is 2.48. The highest BCUT2D eigenvalue weighted by Crippen LogP contribution is 2.20. The number of aryl methyl sites for hydroxylation is 2. The number of nitrogens with one attached hydrogen (secondary N) is 1. The maximum atomic E-state index is 12.6. The minimum Gasteiger partial charge on any atom is -0.279 e. The number of para-hydroxylation sites is 1. The molecule has 0 aliphatic heterocycles. The van der Waals surface area contributed by atoms with E-state index in [1.807, 2.05) is 50.2 Å². The van der Waals surface area contributed by atoms with Crippen molar-refractivity contribution in [2.24, 2.45) is 4.99 Å². The second-order valence-corrected chi connectivity index (χ2v) is 7.79. The molecule has 0 atom stereocenters. The van der Waals surface area contributed by atoms with Gasteiger partial charge in [-0.3, -0.25) is 9.71 Å². The minimum absolute atomic E-state index is 0.230. The Morgan fingerprint density at radius 1 is 0.846 bits per heavy atom. The normalized spacial score (nSPS) is 11.6. The van der Waals surface area contributed by atoms with E-state index in [0.29, 0.717) is 11.3 Å². The summed E-state index contributed by atoms with van der Waals surface area (Å²) in [5.74, 6) is 0. The Morgan fingerprint density at radius 3 is 2.31 bits per heavy atom. The summed E-state index contributed by atoms with van der Waals surface area (Å²) in [6.07, 6.45) is 1.67. The van der Waals surface area contributed by atoms with Crippen LogP contribution in [0.25, 0.3) is 0 Å². The summed E-state index contributed by atoms with van der Waals surface area (Å²) in [7, 11) is -3.65. The number of sulfonamides is 1. The molecule has 3 aromatic carbocycles. The summed E-state index contributed by atoms with van der Waals surface area (Å²) in [5.41, 5.74) is 4.14. The van der Waals surface area contributed by atoms with Crippen molar-refractivity contribution in [3.63, 3.8) is 0 Å². The van der Waals surface area contributed by atoms with Gasteiger partial charge in [-0.25, -0.2) is 8.42 Å². The smallest absolute Gasteiger partial charge is 0.261 e. The Hall–Kier alpha value is -2.92. The molecule has 26 heavy (non-hydrogen) atoms. The van der Waals surface area contributed by atoms with Crippen molar-refractivity contribution in [3.05, 3.63) is 89.5 Å². The van der Waals surface area contributed by atoms with Gasteiger partial charge in [0.15, 0.2) is 0 Å². The highest BCUT2D eigenvalue weighted by Gasteiger charge is 2.15. The molecule has 0 radical (unpaired) electrons. The molecule has 0 aliphatic rings. The molecule has 0 heterocycles. The average Bonchev–Trinajstić information content (AvgIpc) is 2.61. The molecule has 3 aromatic rings. The zero-order valence-corrected chi connectivity index (χ0v) is 15.5. The number of aliphatic imine (C=N–C) groups is 1. The van der Waals surface area contributed by atoms with Gasteiger partial charge in [0.25, 0.3) is 10.0 Å². The second-order valence-electron chi connectivity index (χ2n) is 6.10. The Kier molecular flexibility index (Phi) is 5.19. The second kappa shape index (κ2) is 7.54. The molecular formula is C21H20N2O2S. The van der Waals surface area contributed by atoms with E-state index in [-0.39, 0.29) is 4.90 Å². The van der Waals surface area contributed by atoms with E-state index in [2.05, 4.69) is 9.71 Å². The highest BCUT2D eigenvalue weighted by atomic mass is 32.2. The SMILES string of the molecule is Cc1ccc(S(=O)(=O)Nc2ccccc2C=Nc2cccc(C)c2)cc1. The first-order valence-electron chi connectivity index (χ1n) is 8.23. The third-order valence-electron chi connectivity index (χ3n) is 3.89. The van der Waals surface area contributed by atoms with Gasteiger partial charge in [0.1, 0.15) is 0 Å². The van der Waals surface area contributed by atoms with Crippen molar-refractivity contribution in [2.45, 2.75) is 18.7 Å². The van der Waals surface area contributed by atoms with Gasteiger partial charge in [0.2, 0.25) is 0 Å². The molecule has 132 valence electrons. The molecule has 0 spiro atoms. The van der Waals surface area contributed by atoms with Crippen LogP contribution < -0.4 is 4.72 Å². The third-order valence-corrected chi connectivity index (χ3v) is 5.27. The zero-order chi connectivity index (χ0) is 18.6. The molecule has 0 saturated carbocycles. The average molecular weight is 364 g/mol. The van der Waals surface area contributed by atoms with Crippen LogP contribution in [-0.2, 0) is 10.0 Å². The summed E-state index contributed by atoms with van der Waals surface area (Å²) >= 11 is 0. The lowest BCUT2D eigenvalue weighted by Gasteiger charge is -2.10. The number of anilines is 1. The summed E-state index contributed by atoms with van der Waals surface area (Å²) in [5, 5.41) is 0. The lowest BCUT2D eigenvalue weighted by molar-refractivity contribution is 0.601. The van der Waals surface area contributed by atoms with Crippen molar-refractivity contribution < 1.29 is 8.42 Å². The van der Waals surface area contributed by atoms with Gasteiger partial charge in [-0.15, -0.1) is 0 Å². The van der Waals surface area contributed by atoms with Gasteiger partial charge in [0, 0.05) is 11.8 Å². The van der Waals surface area contributed by atoms with E-state index >= 15 is 0 Å². The van der Waals surface area contributed by atoms with Crippen molar-refractivity contribution in [3.8, 4) is 0 Å². The van der Waals surface area contributed by atoms with E-state index < -0.39 is 10.0 Å². The standard InChI is InChI=1S/C21H20N2O2S/c1-16-10-12-20(13-11-16)26(24,25)23-21-9-4-3-7-18(21)15-22-19-8-5-6-17(2)14-19/h3-15,23H,1-2H3. The van der Waals surface area contributed by atoms with Crippen LogP contribution >= 0.6 is 0 Å². The molecule has 0 bridgehead atoms. The van der Waals surface area contributed by atoms with Crippen LogP contribution in [-0.4, -0.2) is 14.6 Å². The maximum absolute atomic E-state index is 12.6. The van der Waals surface area contributed by atoms with E-state index in [0.717, 1.165) is 16.8 Å². The van der Waals surface area contributed by atoms with Crippen molar-refractivity contribution in [2.75, 3.05) is 4.72 Å². The van der Waals surface area contributed by atoms with Crippen LogP contribution in [0.3, 0.4) is 0 Å². The van der Waals surface area contributed by atoms with Crippen LogP contribution in [0, 0.1) is 13.8 Å². The molecule has 4 nitrogen and oxygen atoms in total. The molecule has 0 aromatic heterocycles. The first kappa shape index (κ1) is 17.9. The van der Waals surface area contributed by atoms with Crippen molar-refractivity contribution in [1.29, 1.82) is 0 Å². The molecular weight excluding hydrogens is 344 g/mol. The Balaban J connectivity index is 1.88. The van der Waals surface area contributed by atoms with Gasteiger partial charge >= 0.3 is 0 Å². The van der Waals surface area contributed by atoms with Crippen LogP contribution in [0.5, 0.6) is 0 Å². The highest BCUT2D eigenvalue weighted by molar-refractivity contribution is 7.92. The molecule has 0 amide bonds. The number of hydrogen-bond donors (Lipinski definition) is 1. The van der Waals surface area contributed by atoms with Crippen molar-refractivity contribution >= 4 is 27.6 Å². The first-order valence-corrected chi connectivity index (χ1v) is 9.72. The summed E-state index contributed by atoms with van der Waals surface area (Å²) < 4.78 is 27.9. The van der Waals surface area contributed by atoms with Crippen LogP contribution in [0.1, 0.15) is 16.7 Å². The largest absolute Gasteiger partial charge is 0.279 e. The fourth-order valence-corrected chi connectivity index (χ4v) is 3.56. The van der Waals surface area contributed by atoms with Crippen LogP contribution in [0.4, 0.5) is 11.4 Å². The first-order chi connectivity index (χ1) is 12.4. The molecule has 0 unspecified atom stereocenters. The molecule has 0 saturated heterocycles. The van der Waals surface area contributed by atoms with Crippen LogP contribution in [0.2, 0.25) is 0 Å². The van der Waals surface area contributed by atoms with Gasteiger partial charge < -0.3 is 0 Å². The molecule has 5 heteroatoms. The number of hydrogen-bond acceptors (Lipinski definition) is 3. The van der Waals surface area contributed by atoms with E-state index in [1.165, 1.54) is 0 Å². The summed E-state index contributed by atoms with van der Waals surface area (Å²) in [4.78, 5) is 4.68. The summed E-state index contributed by atoms with van der Waals surface area (Å²) in [6.45, 7) is 3.92. The molecule has 3 rings (SSSR count). The summed E-state index contributed by atoms with van der Waals surface area (Å²) in [6, 6.07) is 21.8. The topological polar surface area (TPSA) is 58.5 Å². The fraction of sp³-hybridized carbons (Fsp3) is 0.0952. The van der Waals surface area contributed by atoms with Gasteiger partial charge in [-0.1, -0.05) is 48.0 Å². The van der Waals surface area contributed by atoms with Gasteiger partial charge in [-0.2, -0.15) is 0 Å². The maximum Gasteiger partial charge on any atom is 0.261 e. The number of rotatable bonds is 5. The van der Waals surface area contributed by atoms with E-state index in [4.69, 9.17) is 0 Å². The number of nitrogens with zero attached hydrogens (tertiary/aromatic N) is 1. The molecule has 0 aliphatic carbocycles. The van der Waals surface area contributed by atoms with E-state index in [1.54, 1.807) is 42.6 Å². The Labute approximate surface area is 154 Å². The van der Waals surface area contributed by atoms with E-state index in [9.17, 15) is 8.42 Å². The number of benzene rings is 3. The zero-order valence-electron chi connectivity index (χ0n) is 14.7. The minimum atomic E-state index is -3.65. The molecule has 1 N–H and O–H groups in total. The lowest BCUT2D eigenvalue weighted by atomic mass is 10.2. The van der Waals surface area contributed by atoms with Gasteiger partial charge in [-0.05, 0) is 49.7 Å². The Bertz CT molecular complexity index is 1040. The predicted octanol–water partition coefficient (Wildman–Crippen LogP) is 4.85. The third kappa shape index (κ3) is 4.37. The van der Waals surface area contributed by atoms with Gasteiger partial charge in [0.05, 0.1) is 16.3 Å². The molecule has 0 fully saturated rings. The quantitative estimate of drug-likeness (QED) is 0.658. The Morgan fingerprint density at radius 2 is 1.58 bits per heavy atom. The lowest BCUT2D eigenvalue weighted by Crippen LogP contribution is -2.14. The monoisotopic (exact) mass is 364 g/mol. The van der Waals surface area contributed by atoms with Crippen molar-refractivity contribution in [1.82, 2.24) is 0 Å².